The number of H-pyrrole nitrogens is 1. The fraction of sp³-hybridized carbons (Fsp3) is 0.562. The average molecular weight is 260 g/mol. The second-order valence-electron chi connectivity index (χ2n) is 5.26. The van der Waals surface area contributed by atoms with E-state index in [1.54, 1.807) is 12.1 Å². The number of imidazole rings is 1. The van der Waals surface area contributed by atoms with Crippen LogP contribution in [0.4, 0.5) is 0 Å². The van der Waals surface area contributed by atoms with Crippen molar-refractivity contribution in [1.29, 1.82) is 0 Å². The summed E-state index contributed by atoms with van der Waals surface area (Å²) in [5, 5.41) is 9.41. The van der Waals surface area contributed by atoms with Crippen LogP contribution in [0.1, 0.15) is 57.7 Å². The average Bonchev–Trinajstić information content (AvgIpc) is 2.79. The van der Waals surface area contributed by atoms with Gasteiger partial charge in [-0.05, 0) is 18.6 Å². The van der Waals surface area contributed by atoms with Crippen LogP contribution in [-0.4, -0.2) is 15.1 Å². The number of nitrogens with one attached hydrogen (secondary N) is 1. The molecule has 1 aromatic carbocycles. The molecule has 2 rings (SSSR count). The summed E-state index contributed by atoms with van der Waals surface area (Å²) < 4.78 is 0. The zero-order chi connectivity index (χ0) is 13.5. The van der Waals surface area contributed by atoms with Crippen molar-refractivity contribution in [2.45, 2.75) is 58.3 Å². The number of rotatable bonds is 8. The third-order valence-corrected chi connectivity index (χ3v) is 3.53. The maximum atomic E-state index is 9.41. The van der Waals surface area contributed by atoms with Crippen molar-refractivity contribution in [3.05, 3.63) is 24.0 Å². The van der Waals surface area contributed by atoms with Crippen LogP contribution in [0.2, 0.25) is 0 Å². The molecule has 0 spiro atoms. The summed E-state index contributed by atoms with van der Waals surface area (Å²) in [6.07, 6.45) is 10.2. The standard InChI is InChI=1S/C16H24N2O/c1-2-3-4-5-6-7-8-9-16-17-14-11-10-13(19)12-15(14)18-16/h10-12,19H,2-9H2,1H3,(H,17,18). The minimum absolute atomic E-state index is 0.290. The third kappa shape index (κ3) is 4.27. The van der Waals surface area contributed by atoms with Crippen LogP contribution in [0.3, 0.4) is 0 Å². The van der Waals surface area contributed by atoms with E-state index in [0.717, 1.165) is 23.3 Å². The summed E-state index contributed by atoms with van der Waals surface area (Å²) in [4.78, 5) is 7.81. The first kappa shape index (κ1) is 13.9. The lowest BCUT2D eigenvalue weighted by molar-refractivity contribution is 0.476. The molecule has 0 saturated carbocycles. The normalized spacial score (nSPS) is 11.2. The zero-order valence-electron chi connectivity index (χ0n) is 11.8. The van der Waals surface area contributed by atoms with Crippen molar-refractivity contribution in [2.75, 3.05) is 0 Å². The Kier molecular flexibility index (Phi) is 5.25. The van der Waals surface area contributed by atoms with E-state index in [1.165, 1.54) is 44.9 Å². The smallest absolute Gasteiger partial charge is 0.117 e. The molecular formula is C16H24N2O. The Bertz CT molecular complexity index is 504. The summed E-state index contributed by atoms with van der Waals surface area (Å²) >= 11 is 0. The van der Waals surface area contributed by atoms with Gasteiger partial charge in [0.25, 0.3) is 0 Å². The van der Waals surface area contributed by atoms with Gasteiger partial charge in [-0.3, -0.25) is 0 Å². The van der Waals surface area contributed by atoms with Gasteiger partial charge in [0.15, 0.2) is 0 Å². The lowest BCUT2D eigenvalue weighted by Crippen LogP contribution is -1.88. The molecule has 3 nitrogen and oxygen atoms in total. The van der Waals surface area contributed by atoms with Gasteiger partial charge in [-0.1, -0.05) is 45.4 Å². The van der Waals surface area contributed by atoms with E-state index in [4.69, 9.17) is 0 Å². The number of phenols is 1. The summed E-state index contributed by atoms with van der Waals surface area (Å²) in [7, 11) is 0. The van der Waals surface area contributed by atoms with Crippen LogP contribution < -0.4 is 0 Å². The molecule has 0 saturated heterocycles. The molecule has 0 atom stereocenters. The topological polar surface area (TPSA) is 48.9 Å². The number of hydrogen-bond donors (Lipinski definition) is 2. The molecule has 3 heteroatoms. The quantitative estimate of drug-likeness (QED) is 0.683. The predicted octanol–water partition coefficient (Wildman–Crippen LogP) is 4.56. The van der Waals surface area contributed by atoms with Gasteiger partial charge in [0.2, 0.25) is 0 Å². The first-order chi connectivity index (χ1) is 9.29. The van der Waals surface area contributed by atoms with Gasteiger partial charge in [-0.25, -0.2) is 4.98 Å². The van der Waals surface area contributed by atoms with Crippen molar-refractivity contribution in [3.8, 4) is 5.75 Å². The van der Waals surface area contributed by atoms with E-state index in [2.05, 4.69) is 16.9 Å². The number of aryl methyl sites for hydroxylation is 1. The van der Waals surface area contributed by atoms with E-state index < -0.39 is 0 Å². The monoisotopic (exact) mass is 260 g/mol. The third-order valence-electron chi connectivity index (χ3n) is 3.53. The molecule has 2 N–H and O–H groups in total. The number of aromatic amines is 1. The Hall–Kier alpha value is -1.51. The number of benzene rings is 1. The number of aromatic nitrogens is 2. The molecule has 104 valence electrons. The predicted molar refractivity (Wildman–Crippen MR) is 79.5 cm³/mol. The lowest BCUT2D eigenvalue weighted by atomic mass is 10.1. The molecule has 0 amide bonds. The SMILES string of the molecule is CCCCCCCCCc1nc2ccc(O)cc2[nH]1. The minimum atomic E-state index is 0.290. The van der Waals surface area contributed by atoms with Crippen LogP contribution in [0.15, 0.2) is 18.2 Å². The molecule has 1 heterocycles. The van der Waals surface area contributed by atoms with Gasteiger partial charge in [0.1, 0.15) is 11.6 Å². The number of aromatic hydroxyl groups is 1. The Labute approximate surface area is 115 Å². The van der Waals surface area contributed by atoms with Crippen molar-refractivity contribution in [1.82, 2.24) is 9.97 Å². The van der Waals surface area contributed by atoms with E-state index >= 15 is 0 Å². The first-order valence-corrected chi connectivity index (χ1v) is 7.47. The molecule has 0 fully saturated rings. The van der Waals surface area contributed by atoms with Crippen molar-refractivity contribution in [3.63, 3.8) is 0 Å². The largest absolute Gasteiger partial charge is 0.508 e. The molecular weight excluding hydrogens is 236 g/mol. The Morgan fingerprint density at radius 2 is 1.79 bits per heavy atom. The highest BCUT2D eigenvalue weighted by Crippen LogP contribution is 2.18. The van der Waals surface area contributed by atoms with E-state index in [0.29, 0.717) is 5.75 Å². The molecule has 19 heavy (non-hydrogen) atoms. The van der Waals surface area contributed by atoms with Gasteiger partial charge in [-0.15, -0.1) is 0 Å². The maximum Gasteiger partial charge on any atom is 0.117 e. The fourth-order valence-corrected chi connectivity index (χ4v) is 2.42. The van der Waals surface area contributed by atoms with Crippen molar-refractivity contribution < 1.29 is 5.11 Å². The van der Waals surface area contributed by atoms with E-state index in [1.807, 2.05) is 6.07 Å². The van der Waals surface area contributed by atoms with Gasteiger partial charge in [-0.2, -0.15) is 0 Å². The molecule has 0 aliphatic heterocycles. The van der Waals surface area contributed by atoms with Gasteiger partial charge in [0.05, 0.1) is 11.0 Å². The molecule has 0 bridgehead atoms. The van der Waals surface area contributed by atoms with Gasteiger partial charge >= 0.3 is 0 Å². The van der Waals surface area contributed by atoms with E-state index in [-0.39, 0.29) is 0 Å². The zero-order valence-corrected chi connectivity index (χ0v) is 11.8. The van der Waals surface area contributed by atoms with Crippen LogP contribution in [0, 0.1) is 0 Å². The number of phenolic OH excluding ortho intramolecular Hbond substituents is 1. The molecule has 1 aromatic heterocycles. The highest BCUT2D eigenvalue weighted by atomic mass is 16.3. The molecule has 2 aromatic rings. The second kappa shape index (κ2) is 7.17. The number of hydrogen-bond acceptors (Lipinski definition) is 2. The second-order valence-corrected chi connectivity index (χ2v) is 5.26. The first-order valence-electron chi connectivity index (χ1n) is 7.47. The fourth-order valence-electron chi connectivity index (χ4n) is 2.42. The van der Waals surface area contributed by atoms with Crippen molar-refractivity contribution >= 4 is 11.0 Å². The number of fused-ring (bicyclic) bond motifs is 1. The van der Waals surface area contributed by atoms with Crippen LogP contribution in [-0.2, 0) is 6.42 Å². The maximum absolute atomic E-state index is 9.41. The number of unbranched alkanes of at least 4 members (excludes halogenated alkanes) is 6. The van der Waals surface area contributed by atoms with Crippen molar-refractivity contribution in [2.24, 2.45) is 0 Å². The summed E-state index contributed by atoms with van der Waals surface area (Å²) in [6.45, 7) is 2.25. The summed E-state index contributed by atoms with van der Waals surface area (Å²) in [6, 6.07) is 5.27. The molecule has 0 aliphatic carbocycles. The minimum Gasteiger partial charge on any atom is -0.508 e. The molecule has 0 aliphatic rings. The Morgan fingerprint density at radius 1 is 1.05 bits per heavy atom. The molecule has 0 unspecified atom stereocenters. The van der Waals surface area contributed by atoms with Crippen LogP contribution in [0.5, 0.6) is 5.75 Å². The summed E-state index contributed by atoms with van der Waals surface area (Å²) in [5.74, 6) is 1.33. The van der Waals surface area contributed by atoms with Gasteiger partial charge < -0.3 is 10.1 Å². The highest BCUT2D eigenvalue weighted by Gasteiger charge is 2.03. The summed E-state index contributed by atoms with van der Waals surface area (Å²) in [5.41, 5.74) is 1.87. The molecule has 0 radical (unpaired) electrons. The Morgan fingerprint density at radius 3 is 2.58 bits per heavy atom. The lowest BCUT2D eigenvalue weighted by Gasteiger charge is -1.99. The van der Waals surface area contributed by atoms with Gasteiger partial charge in [0, 0.05) is 12.5 Å². The van der Waals surface area contributed by atoms with Crippen LogP contribution >= 0.6 is 0 Å². The number of nitrogens with zero attached hydrogens (tertiary/aromatic N) is 1. The Balaban J connectivity index is 1.72. The van der Waals surface area contributed by atoms with Crippen LogP contribution in [0.25, 0.3) is 11.0 Å². The highest BCUT2D eigenvalue weighted by molar-refractivity contribution is 5.76. The van der Waals surface area contributed by atoms with E-state index in [9.17, 15) is 5.11 Å².